The van der Waals surface area contributed by atoms with Gasteiger partial charge in [0.15, 0.2) is 10.8 Å². The van der Waals surface area contributed by atoms with Gasteiger partial charge in [-0.15, -0.1) is 0 Å². The fourth-order valence-corrected chi connectivity index (χ4v) is 6.67. The lowest BCUT2D eigenvalue weighted by molar-refractivity contribution is -0.116. The van der Waals surface area contributed by atoms with Crippen molar-refractivity contribution in [3.8, 4) is 5.69 Å². The standard InChI is InChI=1S/C27H25N7O5S2/c1-15-4-8-19(9-5-15)34-24-22(13-28-34)26(36)33-20(14-40-27(33)30-24)12-23(35)29-18-6-10-21(11-7-18)41(37,38)32-25-16(2)17(3)31-39-25/h4-11,13,20,32H,12,14H2,1-3H3,(H,29,35). The average molecular weight is 592 g/mol. The molecule has 0 spiro atoms. The molecule has 1 unspecified atom stereocenters. The fraction of sp³-hybridized carbons (Fsp3) is 0.222. The van der Waals surface area contributed by atoms with Gasteiger partial charge < -0.3 is 9.84 Å². The summed E-state index contributed by atoms with van der Waals surface area (Å²) in [4.78, 5) is 31.0. The molecule has 0 saturated carbocycles. The minimum absolute atomic E-state index is 0.00194. The molecule has 0 aliphatic carbocycles. The third-order valence-corrected chi connectivity index (χ3v) is 9.35. The maximum Gasteiger partial charge on any atom is 0.265 e. The molecule has 0 bridgehead atoms. The predicted molar refractivity (Wildman–Crippen MR) is 154 cm³/mol. The largest absolute Gasteiger partial charge is 0.337 e. The van der Waals surface area contributed by atoms with E-state index in [4.69, 9.17) is 9.51 Å². The molecule has 0 radical (unpaired) electrons. The Morgan fingerprint density at radius 1 is 1.10 bits per heavy atom. The first kappa shape index (κ1) is 26.8. The molecule has 5 aromatic rings. The van der Waals surface area contributed by atoms with Gasteiger partial charge in [-0.1, -0.05) is 34.6 Å². The summed E-state index contributed by atoms with van der Waals surface area (Å²) in [6.45, 7) is 5.41. The maximum atomic E-state index is 13.4. The van der Waals surface area contributed by atoms with Gasteiger partial charge in [0, 0.05) is 23.4 Å². The smallest absolute Gasteiger partial charge is 0.265 e. The summed E-state index contributed by atoms with van der Waals surface area (Å²) < 4.78 is 36.1. The van der Waals surface area contributed by atoms with Gasteiger partial charge in [0.1, 0.15) is 5.39 Å². The number of sulfonamides is 1. The first-order valence-corrected chi connectivity index (χ1v) is 15.1. The van der Waals surface area contributed by atoms with Crippen molar-refractivity contribution in [2.45, 2.75) is 43.3 Å². The number of nitrogens with one attached hydrogen (secondary N) is 2. The average Bonchev–Trinajstić information content (AvgIpc) is 3.64. The van der Waals surface area contributed by atoms with E-state index in [2.05, 4.69) is 20.3 Å². The van der Waals surface area contributed by atoms with Crippen LogP contribution in [0.15, 0.2) is 74.1 Å². The second-order valence-electron chi connectivity index (χ2n) is 9.77. The number of amides is 1. The molecule has 1 aliphatic heterocycles. The number of carbonyl (C=O) groups is 1. The first-order chi connectivity index (χ1) is 19.6. The first-order valence-electron chi connectivity index (χ1n) is 12.7. The molecule has 4 heterocycles. The number of rotatable bonds is 7. The summed E-state index contributed by atoms with van der Waals surface area (Å²) in [6, 6.07) is 13.2. The van der Waals surface area contributed by atoms with Gasteiger partial charge in [0.2, 0.25) is 11.8 Å². The highest BCUT2D eigenvalue weighted by Crippen LogP contribution is 2.33. The summed E-state index contributed by atoms with van der Waals surface area (Å²) in [5, 5.41) is 11.8. The third-order valence-electron chi connectivity index (χ3n) is 6.90. The molecular formula is C27H25N7O5S2. The molecule has 210 valence electrons. The number of fused-ring (bicyclic) bond motifs is 2. The van der Waals surface area contributed by atoms with Crippen molar-refractivity contribution in [3.05, 3.63) is 81.9 Å². The highest BCUT2D eigenvalue weighted by molar-refractivity contribution is 7.99. The van der Waals surface area contributed by atoms with Crippen LogP contribution in [0.3, 0.4) is 0 Å². The van der Waals surface area contributed by atoms with Crippen LogP contribution < -0.4 is 15.6 Å². The van der Waals surface area contributed by atoms with Crippen LogP contribution in [0.1, 0.15) is 29.3 Å². The second kappa shape index (κ2) is 10.2. The van der Waals surface area contributed by atoms with E-state index < -0.39 is 10.0 Å². The summed E-state index contributed by atoms with van der Waals surface area (Å²) in [5.74, 6) is 0.259. The number of hydrogen-bond donors (Lipinski definition) is 2. The van der Waals surface area contributed by atoms with Gasteiger partial charge in [-0.3, -0.25) is 14.2 Å². The van der Waals surface area contributed by atoms with Crippen LogP contribution in [0.4, 0.5) is 11.6 Å². The van der Waals surface area contributed by atoms with E-state index in [0.29, 0.717) is 38.9 Å². The van der Waals surface area contributed by atoms with Crippen LogP contribution in [0.2, 0.25) is 0 Å². The Morgan fingerprint density at radius 2 is 1.83 bits per heavy atom. The number of aromatic nitrogens is 5. The number of benzene rings is 2. The van der Waals surface area contributed by atoms with Crippen molar-refractivity contribution in [2.75, 3.05) is 15.8 Å². The van der Waals surface area contributed by atoms with Gasteiger partial charge in [0.25, 0.3) is 15.6 Å². The highest BCUT2D eigenvalue weighted by atomic mass is 32.2. The molecule has 2 aromatic carbocycles. The second-order valence-corrected chi connectivity index (χ2v) is 12.4. The van der Waals surface area contributed by atoms with Crippen molar-refractivity contribution in [1.82, 2.24) is 24.5 Å². The van der Waals surface area contributed by atoms with Gasteiger partial charge in [0.05, 0.1) is 28.5 Å². The summed E-state index contributed by atoms with van der Waals surface area (Å²) in [6.07, 6.45) is 1.55. The van der Waals surface area contributed by atoms with Gasteiger partial charge in [-0.2, -0.15) is 5.10 Å². The van der Waals surface area contributed by atoms with E-state index in [1.165, 1.54) is 42.2 Å². The van der Waals surface area contributed by atoms with E-state index in [1.807, 2.05) is 31.2 Å². The number of nitrogens with zero attached hydrogens (tertiary/aromatic N) is 5. The summed E-state index contributed by atoms with van der Waals surface area (Å²) in [5.41, 5.74) is 3.75. The van der Waals surface area contributed by atoms with Crippen LogP contribution in [0, 0.1) is 20.8 Å². The van der Waals surface area contributed by atoms with Gasteiger partial charge in [-0.05, 0) is 57.2 Å². The molecule has 2 N–H and O–H groups in total. The third kappa shape index (κ3) is 5.00. The zero-order chi connectivity index (χ0) is 28.9. The van der Waals surface area contributed by atoms with Crippen molar-refractivity contribution in [3.63, 3.8) is 0 Å². The molecule has 0 fully saturated rings. The van der Waals surface area contributed by atoms with Crippen molar-refractivity contribution in [1.29, 1.82) is 0 Å². The quantitative estimate of drug-likeness (QED) is 0.268. The molecular weight excluding hydrogens is 566 g/mol. The van der Waals surface area contributed by atoms with E-state index in [-0.39, 0.29) is 34.7 Å². The van der Waals surface area contributed by atoms with Crippen LogP contribution in [0.25, 0.3) is 16.7 Å². The Kier molecular flexibility index (Phi) is 6.66. The van der Waals surface area contributed by atoms with Crippen LogP contribution in [-0.4, -0.2) is 44.6 Å². The van der Waals surface area contributed by atoms with Crippen molar-refractivity contribution >= 4 is 50.3 Å². The van der Waals surface area contributed by atoms with Crippen LogP contribution in [0.5, 0.6) is 0 Å². The fourth-order valence-electron chi connectivity index (χ4n) is 4.49. The van der Waals surface area contributed by atoms with Crippen molar-refractivity contribution < 1.29 is 17.7 Å². The Bertz CT molecular complexity index is 1960. The number of carbonyl (C=O) groups excluding carboxylic acids is 1. The molecule has 1 aliphatic rings. The lowest BCUT2D eigenvalue weighted by atomic mass is 10.2. The predicted octanol–water partition coefficient (Wildman–Crippen LogP) is 3.97. The Hall–Kier alpha value is -4.43. The van der Waals surface area contributed by atoms with Crippen LogP contribution >= 0.6 is 11.8 Å². The zero-order valence-electron chi connectivity index (χ0n) is 22.3. The molecule has 14 heteroatoms. The normalized spacial score (nSPS) is 14.8. The Labute approximate surface area is 238 Å². The topological polar surface area (TPSA) is 154 Å². The van der Waals surface area contributed by atoms with Crippen molar-refractivity contribution in [2.24, 2.45) is 0 Å². The molecule has 0 saturated heterocycles. The van der Waals surface area contributed by atoms with Gasteiger partial charge in [-0.25, -0.2) is 22.8 Å². The number of anilines is 2. The minimum atomic E-state index is -3.91. The van der Waals surface area contributed by atoms with E-state index >= 15 is 0 Å². The summed E-state index contributed by atoms with van der Waals surface area (Å²) >= 11 is 1.42. The minimum Gasteiger partial charge on any atom is -0.337 e. The van der Waals surface area contributed by atoms with Gasteiger partial charge >= 0.3 is 0 Å². The molecule has 41 heavy (non-hydrogen) atoms. The zero-order valence-corrected chi connectivity index (χ0v) is 23.9. The van der Waals surface area contributed by atoms with Crippen LogP contribution in [-0.2, 0) is 14.8 Å². The monoisotopic (exact) mass is 591 g/mol. The molecule has 12 nitrogen and oxygen atoms in total. The highest BCUT2D eigenvalue weighted by Gasteiger charge is 2.30. The molecule has 6 rings (SSSR count). The SMILES string of the molecule is Cc1ccc(-n2ncc3c(=O)n4c(nc32)SCC4CC(=O)Nc2ccc(S(=O)(=O)Nc3onc(C)c3C)cc2)cc1. The number of aryl methyl sites for hydroxylation is 2. The number of hydrogen-bond acceptors (Lipinski definition) is 9. The lowest BCUT2D eigenvalue weighted by Gasteiger charge is -2.14. The molecule has 1 atom stereocenters. The lowest BCUT2D eigenvalue weighted by Crippen LogP contribution is -2.27. The van der Waals surface area contributed by atoms with E-state index in [0.717, 1.165) is 11.3 Å². The maximum absolute atomic E-state index is 13.4. The molecule has 3 aromatic heterocycles. The Balaban J connectivity index is 1.16. The van der Waals surface area contributed by atoms with E-state index in [1.54, 1.807) is 23.1 Å². The summed E-state index contributed by atoms with van der Waals surface area (Å²) in [7, 11) is -3.91. The van der Waals surface area contributed by atoms with E-state index in [9.17, 15) is 18.0 Å². The Morgan fingerprint density at radius 3 is 2.51 bits per heavy atom. The number of thioether (sulfide) groups is 1. The molecule has 1 amide bonds.